The van der Waals surface area contributed by atoms with Crippen LogP contribution < -0.4 is 5.32 Å². The van der Waals surface area contributed by atoms with Gasteiger partial charge in [-0.15, -0.1) is 0 Å². The highest BCUT2D eigenvalue weighted by Crippen LogP contribution is 1.96. The molecule has 0 aliphatic carbocycles. The lowest BCUT2D eigenvalue weighted by Crippen LogP contribution is -2.45. The van der Waals surface area contributed by atoms with Gasteiger partial charge in [-0.1, -0.05) is 0 Å². The second-order valence-corrected chi connectivity index (χ2v) is 2.89. The van der Waals surface area contributed by atoms with Crippen LogP contribution >= 0.6 is 0 Å². The number of nitrogens with zero attached hydrogens (tertiary/aromatic N) is 1. The summed E-state index contributed by atoms with van der Waals surface area (Å²) in [5, 5.41) is 11.3. The number of rotatable bonds is 4. The minimum atomic E-state index is 0.0659. The van der Waals surface area contributed by atoms with Gasteiger partial charge in [-0.3, -0.25) is 4.79 Å². The minimum absolute atomic E-state index is 0.0659. The Kier molecular flexibility index (Phi) is 4.74. The van der Waals surface area contributed by atoms with Crippen LogP contribution in [-0.2, 0) is 9.53 Å². The average Bonchev–Trinajstić information content (AvgIpc) is 2.19. The summed E-state index contributed by atoms with van der Waals surface area (Å²) in [6, 6.07) is 0. The average molecular weight is 188 g/mol. The third-order valence-corrected chi connectivity index (χ3v) is 1.93. The Morgan fingerprint density at radius 3 is 2.77 bits per heavy atom. The zero-order chi connectivity index (χ0) is 9.52. The van der Waals surface area contributed by atoms with E-state index in [-0.39, 0.29) is 12.5 Å². The highest BCUT2D eigenvalue weighted by molar-refractivity contribution is 5.78. The van der Waals surface area contributed by atoms with Gasteiger partial charge in [0.15, 0.2) is 0 Å². The number of nitrogens with one attached hydrogen (secondary N) is 1. The fourth-order valence-electron chi connectivity index (χ4n) is 1.20. The molecule has 76 valence electrons. The van der Waals surface area contributed by atoms with Gasteiger partial charge in [0.05, 0.1) is 26.4 Å². The number of morpholine rings is 1. The fraction of sp³-hybridized carbons (Fsp3) is 0.875. The van der Waals surface area contributed by atoms with E-state index >= 15 is 0 Å². The molecule has 13 heavy (non-hydrogen) atoms. The van der Waals surface area contributed by atoms with Gasteiger partial charge in [0.25, 0.3) is 0 Å². The summed E-state index contributed by atoms with van der Waals surface area (Å²) in [6.45, 7) is 3.46. The Morgan fingerprint density at radius 2 is 2.15 bits per heavy atom. The number of amides is 1. The number of carbonyl (C=O) groups excluding carboxylic acids is 1. The van der Waals surface area contributed by atoms with E-state index in [2.05, 4.69) is 5.32 Å². The first kappa shape index (κ1) is 10.4. The fourth-order valence-corrected chi connectivity index (χ4v) is 1.20. The highest BCUT2D eigenvalue weighted by atomic mass is 16.5. The first-order valence-corrected chi connectivity index (χ1v) is 4.51. The summed E-state index contributed by atoms with van der Waals surface area (Å²) in [4.78, 5) is 13.2. The summed E-state index contributed by atoms with van der Waals surface area (Å²) < 4.78 is 5.12. The zero-order valence-corrected chi connectivity index (χ0v) is 7.66. The Hall–Kier alpha value is -0.650. The summed E-state index contributed by atoms with van der Waals surface area (Å²) in [5.74, 6) is 0.0803. The maximum Gasteiger partial charge on any atom is 0.236 e. The molecular weight excluding hydrogens is 172 g/mol. The summed E-state index contributed by atoms with van der Waals surface area (Å²) in [6.07, 6.45) is 0. The molecule has 0 spiro atoms. The highest BCUT2D eigenvalue weighted by Gasteiger charge is 2.15. The molecule has 0 atom stereocenters. The van der Waals surface area contributed by atoms with Crippen molar-refractivity contribution in [1.82, 2.24) is 10.2 Å². The normalized spacial score (nSPS) is 17.5. The number of hydrogen-bond donors (Lipinski definition) is 2. The largest absolute Gasteiger partial charge is 0.395 e. The maximum atomic E-state index is 11.4. The molecule has 1 aliphatic heterocycles. The lowest BCUT2D eigenvalue weighted by atomic mass is 10.4. The Balaban J connectivity index is 2.13. The van der Waals surface area contributed by atoms with Crippen LogP contribution in [0.4, 0.5) is 0 Å². The van der Waals surface area contributed by atoms with E-state index in [4.69, 9.17) is 9.84 Å². The molecule has 1 saturated heterocycles. The van der Waals surface area contributed by atoms with Crippen molar-refractivity contribution in [2.24, 2.45) is 0 Å². The molecule has 1 rings (SSSR count). The molecule has 0 bridgehead atoms. The van der Waals surface area contributed by atoms with Crippen LogP contribution in [0.25, 0.3) is 0 Å². The van der Waals surface area contributed by atoms with E-state index in [1.165, 1.54) is 0 Å². The number of hydrogen-bond acceptors (Lipinski definition) is 4. The Labute approximate surface area is 77.7 Å². The third-order valence-electron chi connectivity index (χ3n) is 1.93. The van der Waals surface area contributed by atoms with Crippen LogP contribution in [-0.4, -0.2) is 61.9 Å². The lowest BCUT2D eigenvalue weighted by molar-refractivity contribution is -0.134. The lowest BCUT2D eigenvalue weighted by Gasteiger charge is -2.26. The van der Waals surface area contributed by atoms with E-state index in [1.807, 2.05) is 0 Å². The van der Waals surface area contributed by atoms with Crippen LogP contribution in [0.5, 0.6) is 0 Å². The van der Waals surface area contributed by atoms with Crippen LogP contribution in [0.3, 0.4) is 0 Å². The third kappa shape index (κ3) is 3.71. The molecular formula is C8H16N2O3. The predicted molar refractivity (Wildman–Crippen MR) is 47.4 cm³/mol. The van der Waals surface area contributed by atoms with E-state index in [0.717, 1.165) is 0 Å². The van der Waals surface area contributed by atoms with Crippen molar-refractivity contribution in [3.63, 3.8) is 0 Å². The molecule has 0 aromatic heterocycles. The van der Waals surface area contributed by atoms with Crippen molar-refractivity contribution < 1.29 is 14.6 Å². The van der Waals surface area contributed by atoms with Gasteiger partial charge in [0, 0.05) is 19.6 Å². The zero-order valence-electron chi connectivity index (χ0n) is 7.66. The van der Waals surface area contributed by atoms with Gasteiger partial charge in [-0.05, 0) is 0 Å². The number of carbonyl (C=O) groups is 1. The molecule has 2 N–H and O–H groups in total. The van der Waals surface area contributed by atoms with E-state index in [1.54, 1.807) is 4.90 Å². The van der Waals surface area contributed by atoms with Crippen LogP contribution in [0.1, 0.15) is 0 Å². The first-order chi connectivity index (χ1) is 6.34. The second-order valence-electron chi connectivity index (χ2n) is 2.89. The quantitative estimate of drug-likeness (QED) is 0.523. The van der Waals surface area contributed by atoms with Crippen LogP contribution in [0.15, 0.2) is 0 Å². The molecule has 1 fully saturated rings. The molecule has 0 aromatic carbocycles. The summed E-state index contributed by atoms with van der Waals surface area (Å²) in [7, 11) is 0. The van der Waals surface area contributed by atoms with E-state index < -0.39 is 0 Å². The van der Waals surface area contributed by atoms with E-state index in [0.29, 0.717) is 39.4 Å². The van der Waals surface area contributed by atoms with Crippen molar-refractivity contribution in [1.29, 1.82) is 0 Å². The minimum Gasteiger partial charge on any atom is -0.395 e. The topological polar surface area (TPSA) is 61.8 Å². The SMILES string of the molecule is O=C(CNCCO)N1CCOCC1. The molecule has 0 aromatic rings. The standard InChI is InChI=1S/C8H16N2O3/c11-4-1-9-7-8(12)10-2-5-13-6-3-10/h9,11H,1-7H2. The molecule has 0 radical (unpaired) electrons. The molecule has 0 saturated carbocycles. The molecule has 0 unspecified atom stereocenters. The monoisotopic (exact) mass is 188 g/mol. The smallest absolute Gasteiger partial charge is 0.236 e. The number of aliphatic hydroxyl groups is 1. The molecule has 1 amide bonds. The van der Waals surface area contributed by atoms with Crippen molar-refractivity contribution in [2.75, 3.05) is 46.0 Å². The molecule has 5 nitrogen and oxygen atoms in total. The Morgan fingerprint density at radius 1 is 1.46 bits per heavy atom. The summed E-state index contributed by atoms with van der Waals surface area (Å²) in [5.41, 5.74) is 0. The van der Waals surface area contributed by atoms with Crippen molar-refractivity contribution in [3.05, 3.63) is 0 Å². The summed E-state index contributed by atoms with van der Waals surface area (Å²) >= 11 is 0. The van der Waals surface area contributed by atoms with Gasteiger partial charge < -0.3 is 20.1 Å². The first-order valence-electron chi connectivity index (χ1n) is 4.51. The van der Waals surface area contributed by atoms with Crippen molar-refractivity contribution >= 4 is 5.91 Å². The van der Waals surface area contributed by atoms with Gasteiger partial charge in [-0.2, -0.15) is 0 Å². The van der Waals surface area contributed by atoms with Crippen LogP contribution in [0, 0.1) is 0 Å². The van der Waals surface area contributed by atoms with Gasteiger partial charge in [0.1, 0.15) is 0 Å². The molecule has 5 heteroatoms. The van der Waals surface area contributed by atoms with E-state index in [9.17, 15) is 4.79 Å². The van der Waals surface area contributed by atoms with Crippen molar-refractivity contribution in [2.45, 2.75) is 0 Å². The van der Waals surface area contributed by atoms with Gasteiger partial charge >= 0.3 is 0 Å². The Bertz CT molecular complexity index is 157. The number of ether oxygens (including phenoxy) is 1. The van der Waals surface area contributed by atoms with Crippen LogP contribution in [0.2, 0.25) is 0 Å². The van der Waals surface area contributed by atoms with Gasteiger partial charge in [-0.25, -0.2) is 0 Å². The molecule has 1 heterocycles. The molecule has 1 aliphatic rings. The second kappa shape index (κ2) is 5.90. The maximum absolute atomic E-state index is 11.4. The predicted octanol–water partition coefficient (Wildman–Crippen LogP) is -1.57. The number of aliphatic hydroxyl groups excluding tert-OH is 1. The van der Waals surface area contributed by atoms with Crippen molar-refractivity contribution in [3.8, 4) is 0 Å². The van der Waals surface area contributed by atoms with Gasteiger partial charge in [0.2, 0.25) is 5.91 Å².